The highest BCUT2D eigenvalue weighted by Gasteiger charge is 2.23. The fourth-order valence-corrected chi connectivity index (χ4v) is 2.60. The van der Waals surface area contributed by atoms with Gasteiger partial charge in [-0.25, -0.2) is 9.78 Å². The van der Waals surface area contributed by atoms with Crippen molar-refractivity contribution in [1.82, 2.24) is 10.3 Å². The fourth-order valence-electron chi connectivity index (χ4n) is 1.77. The maximum absolute atomic E-state index is 11.1. The second kappa shape index (κ2) is 3.38. The molecule has 4 nitrogen and oxygen atoms in total. The zero-order chi connectivity index (χ0) is 11.1. The molecule has 0 radical (unpaired) electrons. The monoisotopic (exact) mass is 231 g/mol. The first-order chi connectivity index (χ1) is 7.72. The molecule has 1 aliphatic carbocycles. The lowest BCUT2D eigenvalue weighted by Gasteiger charge is -2.11. The van der Waals surface area contributed by atoms with Crippen LogP contribution in [0.2, 0.25) is 0 Å². The summed E-state index contributed by atoms with van der Waals surface area (Å²) in [5.74, 6) is 0.193. The van der Waals surface area contributed by atoms with Gasteiger partial charge in [-0.1, -0.05) is 6.08 Å². The van der Waals surface area contributed by atoms with Gasteiger partial charge in [-0.15, -0.1) is 11.3 Å². The molecule has 1 aromatic rings. The summed E-state index contributed by atoms with van der Waals surface area (Å²) >= 11 is 1.67. The van der Waals surface area contributed by atoms with Crippen molar-refractivity contribution in [2.75, 3.05) is 0 Å². The van der Waals surface area contributed by atoms with Crippen LogP contribution in [0.25, 0.3) is 0 Å². The number of aromatic nitrogens is 1. The van der Waals surface area contributed by atoms with Crippen LogP contribution in [0.5, 0.6) is 0 Å². The number of carbonyl (C=O) groups excluding carboxylic acids is 1. The minimum Gasteiger partial charge on any atom is -0.304 e. The first kappa shape index (κ1) is 9.47. The lowest BCUT2D eigenvalue weighted by Crippen LogP contribution is -2.16. The molecule has 0 fully saturated rings. The summed E-state index contributed by atoms with van der Waals surface area (Å²) in [7, 11) is 0. The van der Waals surface area contributed by atoms with E-state index in [0.717, 1.165) is 16.4 Å². The van der Waals surface area contributed by atoms with Crippen molar-refractivity contribution in [2.45, 2.75) is 12.8 Å². The van der Waals surface area contributed by atoms with Crippen LogP contribution in [0.3, 0.4) is 0 Å². The van der Waals surface area contributed by atoms with Crippen LogP contribution in [0.15, 0.2) is 35.1 Å². The van der Waals surface area contributed by atoms with Crippen LogP contribution in [0, 0.1) is 6.92 Å². The maximum Gasteiger partial charge on any atom is 0.346 e. The molecule has 0 saturated heterocycles. The summed E-state index contributed by atoms with van der Waals surface area (Å²) < 4.78 is 0. The molecule has 2 aliphatic rings. The highest BCUT2D eigenvalue weighted by Crippen LogP contribution is 2.29. The van der Waals surface area contributed by atoms with E-state index in [0.29, 0.717) is 0 Å². The highest BCUT2D eigenvalue weighted by molar-refractivity contribution is 7.11. The van der Waals surface area contributed by atoms with Crippen LogP contribution in [0.1, 0.15) is 15.8 Å². The van der Waals surface area contributed by atoms with E-state index in [2.05, 4.69) is 15.3 Å². The van der Waals surface area contributed by atoms with Crippen molar-refractivity contribution in [3.8, 4) is 0 Å². The lowest BCUT2D eigenvalue weighted by atomic mass is 9.99. The Morgan fingerprint density at radius 2 is 2.38 bits per heavy atom. The van der Waals surface area contributed by atoms with Crippen molar-refractivity contribution >= 4 is 23.1 Å². The summed E-state index contributed by atoms with van der Waals surface area (Å²) in [6, 6.07) is -0.285. The second-order valence-corrected chi connectivity index (χ2v) is 4.94. The predicted octanol–water partition coefficient (Wildman–Crippen LogP) is 2.15. The number of hydrogen-bond donors (Lipinski definition) is 1. The summed E-state index contributed by atoms with van der Waals surface area (Å²) in [5, 5.41) is 3.77. The van der Waals surface area contributed by atoms with Crippen molar-refractivity contribution < 1.29 is 4.79 Å². The lowest BCUT2D eigenvalue weighted by molar-refractivity contribution is 0.253. The van der Waals surface area contributed by atoms with Gasteiger partial charge in [-0.3, -0.25) is 0 Å². The Balaban J connectivity index is 1.95. The van der Waals surface area contributed by atoms with Crippen LogP contribution in [-0.4, -0.2) is 16.7 Å². The maximum atomic E-state index is 11.1. The standard InChI is InChI=1S/C11H9N3OS/c1-6-12-5-10(16-6)7-2-3-8-9(4-7)14-11(15)13-8/h2-5,7H,1H3,(H,14,15). The molecule has 2 heterocycles. The number of rotatable bonds is 1. The molecule has 1 atom stereocenters. The van der Waals surface area contributed by atoms with Gasteiger partial charge in [-0.2, -0.15) is 4.99 Å². The number of amides is 2. The number of nitrogens with zero attached hydrogens (tertiary/aromatic N) is 2. The highest BCUT2D eigenvalue weighted by atomic mass is 32.1. The van der Waals surface area contributed by atoms with Crippen LogP contribution >= 0.6 is 11.3 Å². The predicted molar refractivity (Wildman–Crippen MR) is 62.8 cm³/mol. The first-order valence-corrected chi connectivity index (χ1v) is 5.76. The molecule has 5 heteroatoms. The minimum atomic E-state index is -0.285. The summed E-state index contributed by atoms with van der Waals surface area (Å²) in [5.41, 5.74) is 1.53. The van der Waals surface area contributed by atoms with Crippen LogP contribution in [0.4, 0.5) is 4.79 Å². The van der Waals surface area contributed by atoms with Gasteiger partial charge < -0.3 is 5.32 Å². The van der Waals surface area contributed by atoms with Crippen molar-refractivity contribution in [1.29, 1.82) is 0 Å². The van der Waals surface area contributed by atoms with Gasteiger partial charge >= 0.3 is 6.03 Å². The SMILES string of the molecule is Cc1ncc(C2C=CC3=NC(=O)NC3=C2)s1. The molecular weight excluding hydrogens is 222 g/mol. The number of nitrogens with one attached hydrogen (secondary N) is 1. The number of hydrogen-bond acceptors (Lipinski definition) is 3. The van der Waals surface area contributed by atoms with Gasteiger partial charge in [0.1, 0.15) is 0 Å². The van der Waals surface area contributed by atoms with Crippen LogP contribution < -0.4 is 5.32 Å². The van der Waals surface area contributed by atoms with Crippen LogP contribution in [-0.2, 0) is 0 Å². The molecule has 1 N–H and O–H groups in total. The minimum absolute atomic E-state index is 0.193. The largest absolute Gasteiger partial charge is 0.346 e. The van der Waals surface area contributed by atoms with E-state index in [1.807, 2.05) is 31.3 Å². The third kappa shape index (κ3) is 1.49. The molecule has 80 valence electrons. The topological polar surface area (TPSA) is 54.4 Å². The molecule has 1 aliphatic heterocycles. The van der Waals surface area contributed by atoms with Gasteiger partial charge in [0.25, 0.3) is 0 Å². The van der Waals surface area contributed by atoms with Crippen molar-refractivity contribution in [3.05, 3.63) is 40.0 Å². The summed E-state index contributed by atoms with van der Waals surface area (Å²) in [6.07, 6.45) is 7.81. The van der Waals surface area contributed by atoms with E-state index in [-0.39, 0.29) is 11.9 Å². The zero-order valence-electron chi connectivity index (χ0n) is 8.60. The quantitative estimate of drug-likeness (QED) is 0.805. The van der Waals surface area contributed by atoms with Gasteiger partial charge in [0, 0.05) is 17.0 Å². The molecule has 1 unspecified atom stereocenters. The Morgan fingerprint density at radius 3 is 3.12 bits per heavy atom. The number of urea groups is 1. The van der Waals surface area contributed by atoms with E-state index in [9.17, 15) is 4.79 Å². The molecular formula is C11H9N3OS. The summed E-state index contributed by atoms with van der Waals surface area (Å²) in [4.78, 5) is 20.3. The van der Waals surface area contributed by atoms with Gasteiger partial charge in [0.05, 0.1) is 16.4 Å². The van der Waals surface area contributed by atoms with Crippen molar-refractivity contribution in [2.24, 2.45) is 4.99 Å². The van der Waals surface area contributed by atoms with Crippen molar-refractivity contribution in [3.63, 3.8) is 0 Å². The smallest absolute Gasteiger partial charge is 0.304 e. The average Bonchev–Trinajstić information content (AvgIpc) is 2.81. The molecule has 0 bridgehead atoms. The number of aliphatic imine (C=N–C) groups is 1. The van der Waals surface area contributed by atoms with Gasteiger partial charge in [-0.05, 0) is 19.1 Å². The van der Waals surface area contributed by atoms with Gasteiger partial charge in [0.15, 0.2) is 0 Å². The Morgan fingerprint density at radius 1 is 1.50 bits per heavy atom. The molecule has 2 amide bonds. The van der Waals surface area contributed by atoms with Gasteiger partial charge in [0.2, 0.25) is 0 Å². The van der Waals surface area contributed by atoms with E-state index in [1.165, 1.54) is 4.88 Å². The number of fused-ring (bicyclic) bond motifs is 1. The molecule has 3 rings (SSSR count). The fraction of sp³-hybridized carbons (Fsp3) is 0.182. The molecule has 0 saturated carbocycles. The Hall–Kier alpha value is -1.75. The third-order valence-electron chi connectivity index (χ3n) is 2.51. The van der Waals surface area contributed by atoms with E-state index >= 15 is 0 Å². The Bertz CT molecular complexity index is 553. The number of carbonyl (C=O) groups is 1. The third-order valence-corrected chi connectivity index (χ3v) is 3.53. The first-order valence-electron chi connectivity index (χ1n) is 4.95. The average molecular weight is 231 g/mol. The van der Waals surface area contributed by atoms with E-state index < -0.39 is 0 Å². The number of aryl methyl sites for hydroxylation is 1. The normalized spacial score (nSPS) is 22.6. The molecule has 0 aromatic carbocycles. The number of allylic oxidation sites excluding steroid dienone is 3. The number of thiazole rings is 1. The second-order valence-electron chi connectivity index (χ2n) is 3.67. The molecule has 0 spiro atoms. The van der Waals surface area contributed by atoms with E-state index in [1.54, 1.807) is 11.3 Å². The zero-order valence-corrected chi connectivity index (χ0v) is 9.41. The summed E-state index contributed by atoms with van der Waals surface area (Å²) in [6.45, 7) is 1.98. The molecule has 16 heavy (non-hydrogen) atoms. The Kier molecular flexibility index (Phi) is 2.00. The van der Waals surface area contributed by atoms with E-state index in [4.69, 9.17) is 0 Å². The molecule has 1 aromatic heterocycles. The Labute approximate surface area is 96.4 Å².